The summed E-state index contributed by atoms with van der Waals surface area (Å²) in [6.07, 6.45) is 10.8. The van der Waals surface area contributed by atoms with E-state index in [4.69, 9.17) is 23.2 Å². The number of piperazine rings is 1. The number of nitrogens with one attached hydrogen (secondary N) is 4. The maximum Gasteiger partial charge on any atom is 0.251 e. The van der Waals surface area contributed by atoms with Crippen LogP contribution in [0.5, 0.6) is 0 Å². The van der Waals surface area contributed by atoms with Gasteiger partial charge in [-0.1, -0.05) is 29.6 Å². The lowest BCUT2D eigenvalue weighted by Crippen LogP contribution is -2.43. The number of nitrogens with zero attached hydrogens (tertiary/aromatic N) is 1. The molecule has 10 heteroatoms. The quantitative estimate of drug-likeness (QED) is 0.359. The highest BCUT2D eigenvalue weighted by molar-refractivity contribution is 6.33. The highest BCUT2D eigenvalue weighted by atomic mass is 35.5. The molecule has 2 aliphatic carbocycles. The molecule has 0 bridgehead atoms. The van der Waals surface area contributed by atoms with Gasteiger partial charge in [0.1, 0.15) is 5.82 Å². The number of halogens is 3. The second-order valence-corrected chi connectivity index (χ2v) is 11.9. The Morgan fingerprint density at radius 2 is 1.22 bits per heavy atom. The molecule has 2 heterocycles. The van der Waals surface area contributed by atoms with Crippen LogP contribution < -0.4 is 26.2 Å². The van der Waals surface area contributed by atoms with Gasteiger partial charge in [0.2, 0.25) is 0 Å². The molecule has 0 aromatic heterocycles. The number of benzene rings is 2. The number of hydrogen-bond donors (Lipinski definition) is 4. The first-order valence-corrected chi connectivity index (χ1v) is 15.7. The van der Waals surface area contributed by atoms with E-state index in [1.807, 2.05) is 12.1 Å². The topological polar surface area (TPSA) is 85.5 Å². The first-order chi connectivity index (χ1) is 19.9. The van der Waals surface area contributed by atoms with Crippen LogP contribution in [0.1, 0.15) is 78.5 Å². The fraction of sp³-hybridized carbons (Fsp3) is 0.548. The molecule has 2 aromatic carbocycles. The van der Waals surface area contributed by atoms with E-state index in [9.17, 15) is 14.0 Å². The molecule has 2 saturated heterocycles. The summed E-state index contributed by atoms with van der Waals surface area (Å²) < 4.78 is 12.8. The summed E-state index contributed by atoms with van der Waals surface area (Å²) in [5, 5.41) is 13.1. The Morgan fingerprint density at radius 3 is 1.63 bits per heavy atom. The van der Waals surface area contributed by atoms with Crippen LogP contribution in [0.3, 0.4) is 0 Å². The van der Waals surface area contributed by atoms with Gasteiger partial charge in [0.25, 0.3) is 11.8 Å². The van der Waals surface area contributed by atoms with Crippen molar-refractivity contribution in [1.82, 2.24) is 21.3 Å². The average Bonchev–Trinajstić information content (AvgIpc) is 2.96. The molecule has 4 N–H and O–H groups in total. The minimum atomic E-state index is -0.503. The summed E-state index contributed by atoms with van der Waals surface area (Å²) in [6, 6.07) is 10.3. The molecule has 6 rings (SSSR count). The Hall–Kier alpha value is -2.39. The Labute approximate surface area is 252 Å². The highest BCUT2D eigenvalue weighted by Gasteiger charge is 2.22. The standard InChI is InChI=1S/C15H20ClN3O.C11H11ClFNO.C5H11N/c16-13-10-11(15(20)18-12-2-1-3-12)4-5-14(13)19-8-6-17-7-9-19;12-9-6-7(4-5-10(9)13)11(15)14-8-2-1-3-8;1-2-4-6-5-3-1/h4-5,10,12,17H,1-3,6-9H2,(H,18,20);4-6,8H,1-3H2,(H,14,15);6H,1-5H2. The molecule has 0 radical (unpaired) electrons. The SMILES string of the molecule is C1CCNCC1.O=C(NC1CCC1)c1ccc(F)c(Cl)c1.O=C(NC1CCC1)c1ccc(N2CCNCC2)c(Cl)c1. The van der Waals surface area contributed by atoms with E-state index in [-0.39, 0.29) is 22.9 Å². The van der Waals surface area contributed by atoms with Crippen molar-refractivity contribution in [3.8, 4) is 0 Å². The summed E-state index contributed by atoms with van der Waals surface area (Å²) in [5.74, 6) is -0.693. The summed E-state index contributed by atoms with van der Waals surface area (Å²) in [5.41, 5.74) is 2.09. The zero-order valence-electron chi connectivity index (χ0n) is 23.6. The molecule has 2 amide bonds. The number of amides is 2. The molecule has 0 atom stereocenters. The van der Waals surface area contributed by atoms with Crippen LogP contribution in [0.15, 0.2) is 36.4 Å². The van der Waals surface area contributed by atoms with Crippen molar-refractivity contribution in [3.05, 3.63) is 63.4 Å². The third-order valence-corrected chi connectivity index (χ3v) is 8.53. The molecular weight excluding hydrogens is 564 g/mol. The van der Waals surface area contributed by atoms with Crippen molar-refractivity contribution < 1.29 is 14.0 Å². The van der Waals surface area contributed by atoms with E-state index in [1.54, 1.807) is 6.07 Å². The molecule has 0 spiro atoms. The van der Waals surface area contributed by atoms with Crippen LogP contribution in [0.25, 0.3) is 0 Å². The van der Waals surface area contributed by atoms with Gasteiger partial charge in [0, 0.05) is 49.4 Å². The minimum absolute atomic E-state index is 0.0107. The van der Waals surface area contributed by atoms with Crippen LogP contribution in [0.2, 0.25) is 10.0 Å². The normalized spacial score (nSPS) is 18.9. The van der Waals surface area contributed by atoms with Gasteiger partial charge >= 0.3 is 0 Å². The average molecular weight is 607 g/mol. The smallest absolute Gasteiger partial charge is 0.251 e. The fourth-order valence-corrected chi connectivity index (χ4v) is 5.37. The van der Waals surface area contributed by atoms with E-state index in [0.29, 0.717) is 22.2 Å². The highest BCUT2D eigenvalue weighted by Crippen LogP contribution is 2.28. The van der Waals surface area contributed by atoms with E-state index >= 15 is 0 Å². The number of piperidine rings is 1. The van der Waals surface area contributed by atoms with Crippen molar-refractivity contribution in [2.24, 2.45) is 0 Å². The first kappa shape index (κ1) is 31.5. The van der Waals surface area contributed by atoms with E-state index in [0.717, 1.165) is 64.0 Å². The Morgan fingerprint density at radius 1 is 0.707 bits per heavy atom. The Bertz CT molecular complexity index is 1140. The largest absolute Gasteiger partial charge is 0.368 e. The third kappa shape index (κ3) is 9.84. The summed E-state index contributed by atoms with van der Waals surface area (Å²) in [6.45, 7) is 6.35. The maximum absolute atomic E-state index is 12.8. The van der Waals surface area contributed by atoms with Gasteiger partial charge < -0.3 is 26.2 Å². The Balaban J connectivity index is 0.000000161. The Kier molecular flexibility index (Phi) is 12.5. The number of hydrogen-bond acceptors (Lipinski definition) is 5. The predicted octanol–water partition coefficient (Wildman–Crippen LogP) is 5.55. The summed E-state index contributed by atoms with van der Waals surface area (Å²) >= 11 is 11.9. The predicted molar refractivity (Wildman–Crippen MR) is 165 cm³/mol. The number of rotatable bonds is 5. The van der Waals surface area contributed by atoms with Crippen LogP contribution >= 0.6 is 23.2 Å². The molecule has 0 unspecified atom stereocenters. The van der Waals surface area contributed by atoms with E-state index in [2.05, 4.69) is 26.2 Å². The van der Waals surface area contributed by atoms with E-state index in [1.165, 1.54) is 57.0 Å². The molecule has 4 fully saturated rings. The van der Waals surface area contributed by atoms with Crippen molar-refractivity contribution in [2.75, 3.05) is 44.2 Å². The zero-order chi connectivity index (χ0) is 29.0. The van der Waals surface area contributed by atoms with Gasteiger partial charge in [-0.05, 0) is 101 Å². The van der Waals surface area contributed by atoms with Crippen LogP contribution in [-0.2, 0) is 0 Å². The van der Waals surface area contributed by atoms with Crippen molar-refractivity contribution in [2.45, 2.75) is 69.9 Å². The van der Waals surface area contributed by atoms with Crippen LogP contribution in [-0.4, -0.2) is 63.2 Å². The van der Waals surface area contributed by atoms with Gasteiger partial charge in [0.15, 0.2) is 0 Å². The van der Waals surface area contributed by atoms with Crippen molar-refractivity contribution in [3.63, 3.8) is 0 Å². The molecule has 224 valence electrons. The van der Waals surface area contributed by atoms with Gasteiger partial charge in [-0.3, -0.25) is 9.59 Å². The van der Waals surface area contributed by atoms with Crippen molar-refractivity contribution in [1.29, 1.82) is 0 Å². The number of carbonyl (C=O) groups excluding carboxylic acids is 2. The monoisotopic (exact) mass is 605 g/mol. The second kappa shape index (κ2) is 16.3. The molecular formula is C31H42Cl2FN5O2. The van der Waals surface area contributed by atoms with Crippen LogP contribution in [0.4, 0.5) is 10.1 Å². The van der Waals surface area contributed by atoms with Gasteiger partial charge in [-0.25, -0.2) is 4.39 Å². The van der Waals surface area contributed by atoms with Gasteiger partial charge in [0.05, 0.1) is 15.7 Å². The molecule has 7 nitrogen and oxygen atoms in total. The van der Waals surface area contributed by atoms with E-state index < -0.39 is 5.82 Å². The molecule has 2 saturated carbocycles. The molecule has 4 aliphatic rings. The zero-order valence-corrected chi connectivity index (χ0v) is 25.1. The molecule has 2 aromatic rings. The minimum Gasteiger partial charge on any atom is -0.368 e. The summed E-state index contributed by atoms with van der Waals surface area (Å²) in [4.78, 5) is 26.0. The van der Waals surface area contributed by atoms with Gasteiger partial charge in [-0.15, -0.1) is 0 Å². The van der Waals surface area contributed by atoms with Crippen LogP contribution in [0, 0.1) is 5.82 Å². The fourth-order valence-electron chi connectivity index (χ4n) is 4.89. The second-order valence-electron chi connectivity index (χ2n) is 11.0. The lowest BCUT2D eigenvalue weighted by atomic mass is 9.93. The van der Waals surface area contributed by atoms with Gasteiger partial charge in [-0.2, -0.15) is 0 Å². The number of anilines is 1. The maximum atomic E-state index is 12.8. The molecule has 41 heavy (non-hydrogen) atoms. The lowest BCUT2D eigenvalue weighted by Gasteiger charge is -2.30. The number of carbonyl (C=O) groups is 2. The first-order valence-electron chi connectivity index (χ1n) is 14.9. The van der Waals surface area contributed by atoms with Crippen molar-refractivity contribution >= 4 is 40.7 Å². The lowest BCUT2D eigenvalue weighted by molar-refractivity contribution is 0.0908. The third-order valence-electron chi connectivity index (χ3n) is 7.94. The summed E-state index contributed by atoms with van der Waals surface area (Å²) in [7, 11) is 0. The molecule has 2 aliphatic heterocycles.